The second-order valence-electron chi connectivity index (χ2n) is 4.21. The van der Waals surface area contributed by atoms with Crippen LogP contribution in [0.25, 0.3) is 0 Å². The molecule has 0 spiro atoms. The molecule has 1 N–H and O–H groups in total. The number of rotatable bonds is 3. The lowest BCUT2D eigenvalue weighted by Crippen LogP contribution is -2.16. The van der Waals surface area contributed by atoms with Gasteiger partial charge < -0.3 is 14.8 Å². The van der Waals surface area contributed by atoms with Crippen LogP contribution in [0.1, 0.15) is 18.0 Å². The average molecular weight is 341 g/mol. The molecular formula is C13H13BrN2O2S. The van der Waals surface area contributed by atoms with Crippen molar-refractivity contribution in [1.29, 1.82) is 0 Å². The lowest BCUT2D eigenvalue weighted by molar-refractivity contribution is 0.171. The van der Waals surface area contributed by atoms with Gasteiger partial charge in [-0.15, -0.1) is 11.3 Å². The molecule has 0 radical (unpaired) electrons. The van der Waals surface area contributed by atoms with Crippen molar-refractivity contribution >= 4 is 33.0 Å². The molecule has 0 saturated carbocycles. The van der Waals surface area contributed by atoms with Crippen molar-refractivity contribution in [2.45, 2.75) is 13.0 Å². The molecule has 0 amide bonds. The normalized spacial score (nSPS) is 15.1. The van der Waals surface area contributed by atoms with Crippen LogP contribution in [-0.2, 0) is 0 Å². The Labute approximate surface area is 123 Å². The zero-order valence-corrected chi connectivity index (χ0v) is 12.8. The van der Waals surface area contributed by atoms with E-state index in [1.165, 1.54) is 0 Å². The SMILES string of the molecule is CC(Nc1cc2c(cc1Br)OCCO2)c1nccs1. The van der Waals surface area contributed by atoms with Gasteiger partial charge in [0.1, 0.15) is 18.2 Å². The van der Waals surface area contributed by atoms with Crippen molar-refractivity contribution in [2.24, 2.45) is 0 Å². The number of nitrogens with zero attached hydrogens (tertiary/aromatic N) is 1. The van der Waals surface area contributed by atoms with E-state index in [9.17, 15) is 0 Å². The largest absolute Gasteiger partial charge is 0.486 e. The van der Waals surface area contributed by atoms with Crippen LogP contribution in [0.3, 0.4) is 0 Å². The molecule has 1 aliphatic heterocycles. The van der Waals surface area contributed by atoms with E-state index in [0.717, 1.165) is 26.7 Å². The van der Waals surface area contributed by atoms with Gasteiger partial charge in [0.05, 0.1) is 11.7 Å². The number of halogens is 1. The molecule has 100 valence electrons. The van der Waals surface area contributed by atoms with Gasteiger partial charge in [-0.25, -0.2) is 4.98 Å². The third-order valence-corrected chi connectivity index (χ3v) is 4.44. The van der Waals surface area contributed by atoms with E-state index in [0.29, 0.717) is 13.2 Å². The van der Waals surface area contributed by atoms with E-state index in [2.05, 4.69) is 33.2 Å². The zero-order chi connectivity index (χ0) is 13.2. The van der Waals surface area contributed by atoms with E-state index in [-0.39, 0.29) is 6.04 Å². The highest BCUT2D eigenvalue weighted by molar-refractivity contribution is 9.10. The van der Waals surface area contributed by atoms with Crippen LogP contribution >= 0.6 is 27.3 Å². The summed E-state index contributed by atoms with van der Waals surface area (Å²) in [6.45, 7) is 3.28. The summed E-state index contributed by atoms with van der Waals surface area (Å²) in [4.78, 5) is 4.31. The van der Waals surface area contributed by atoms with Gasteiger partial charge in [0, 0.05) is 28.2 Å². The Bertz CT molecular complexity index is 574. The van der Waals surface area contributed by atoms with Crippen molar-refractivity contribution in [2.75, 3.05) is 18.5 Å². The smallest absolute Gasteiger partial charge is 0.163 e. The molecule has 19 heavy (non-hydrogen) atoms. The molecule has 0 saturated heterocycles. The Hall–Kier alpha value is -1.27. The van der Waals surface area contributed by atoms with Crippen molar-refractivity contribution < 1.29 is 9.47 Å². The van der Waals surface area contributed by atoms with Gasteiger partial charge in [-0.2, -0.15) is 0 Å². The minimum absolute atomic E-state index is 0.152. The summed E-state index contributed by atoms with van der Waals surface area (Å²) < 4.78 is 12.1. The predicted molar refractivity (Wildman–Crippen MR) is 79.3 cm³/mol. The fourth-order valence-electron chi connectivity index (χ4n) is 1.92. The summed E-state index contributed by atoms with van der Waals surface area (Å²) in [7, 11) is 0. The highest BCUT2D eigenvalue weighted by atomic mass is 79.9. The van der Waals surface area contributed by atoms with E-state index < -0.39 is 0 Å². The van der Waals surface area contributed by atoms with Crippen molar-refractivity contribution in [1.82, 2.24) is 4.98 Å². The van der Waals surface area contributed by atoms with Crippen molar-refractivity contribution in [3.63, 3.8) is 0 Å². The van der Waals surface area contributed by atoms with Gasteiger partial charge in [0.15, 0.2) is 11.5 Å². The first-order chi connectivity index (χ1) is 9.24. The molecule has 3 rings (SSSR count). The molecular weight excluding hydrogens is 328 g/mol. The number of hydrogen-bond donors (Lipinski definition) is 1. The van der Waals surface area contributed by atoms with Crippen LogP contribution < -0.4 is 14.8 Å². The Morgan fingerprint density at radius 2 is 2.05 bits per heavy atom. The molecule has 1 aliphatic rings. The van der Waals surface area contributed by atoms with Gasteiger partial charge in [0.25, 0.3) is 0 Å². The first-order valence-corrected chi connectivity index (χ1v) is 7.66. The maximum Gasteiger partial charge on any atom is 0.163 e. The zero-order valence-electron chi connectivity index (χ0n) is 10.4. The Kier molecular flexibility index (Phi) is 3.61. The van der Waals surface area contributed by atoms with Crippen molar-refractivity contribution in [3.8, 4) is 11.5 Å². The first kappa shape index (κ1) is 12.7. The summed E-state index contributed by atoms with van der Waals surface area (Å²) >= 11 is 5.19. The van der Waals surface area contributed by atoms with Crippen LogP contribution in [0.15, 0.2) is 28.2 Å². The Morgan fingerprint density at radius 1 is 1.32 bits per heavy atom. The molecule has 0 fully saturated rings. The second kappa shape index (κ2) is 5.38. The van der Waals surface area contributed by atoms with Gasteiger partial charge in [-0.3, -0.25) is 0 Å². The van der Waals surface area contributed by atoms with Crippen LogP contribution in [0.4, 0.5) is 5.69 Å². The number of aromatic nitrogens is 1. The third-order valence-electron chi connectivity index (χ3n) is 2.83. The van der Waals surface area contributed by atoms with Gasteiger partial charge in [-0.1, -0.05) is 0 Å². The third kappa shape index (κ3) is 2.69. The summed E-state index contributed by atoms with van der Waals surface area (Å²) in [6.07, 6.45) is 1.82. The highest BCUT2D eigenvalue weighted by Gasteiger charge is 2.16. The topological polar surface area (TPSA) is 43.4 Å². The number of hydrogen-bond acceptors (Lipinski definition) is 5. The number of ether oxygens (including phenoxy) is 2. The lowest BCUT2D eigenvalue weighted by Gasteiger charge is -2.21. The second-order valence-corrected chi connectivity index (χ2v) is 5.99. The van der Waals surface area contributed by atoms with Crippen LogP contribution in [-0.4, -0.2) is 18.2 Å². The molecule has 4 nitrogen and oxygen atoms in total. The fraction of sp³-hybridized carbons (Fsp3) is 0.308. The van der Waals surface area contributed by atoms with E-state index in [4.69, 9.17) is 9.47 Å². The molecule has 6 heteroatoms. The Balaban J connectivity index is 1.84. The molecule has 1 aromatic carbocycles. The number of anilines is 1. The molecule has 0 aliphatic carbocycles. The first-order valence-electron chi connectivity index (χ1n) is 5.99. The number of thiazole rings is 1. The predicted octanol–water partition coefficient (Wildman–Crippen LogP) is 3.85. The van der Waals surface area contributed by atoms with Gasteiger partial charge >= 0.3 is 0 Å². The van der Waals surface area contributed by atoms with E-state index in [1.807, 2.05) is 23.7 Å². The number of benzene rings is 1. The quantitative estimate of drug-likeness (QED) is 0.921. The van der Waals surface area contributed by atoms with E-state index in [1.54, 1.807) is 11.3 Å². The van der Waals surface area contributed by atoms with Crippen LogP contribution in [0, 0.1) is 0 Å². The summed E-state index contributed by atoms with van der Waals surface area (Å²) in [5.41, 5.74) is 0.979. The maximum absolute atomic E-state index is 5.59. The summed E-state index contributed by atoms with van der Waals surface area (Å²) in [5.74, 6) is 1.56. The summed E-state index contributed by atoms with van der Waals surface area (Å²) in [5, 5.41) is 6.46. The fourth-order valence-corrected chi connectivity index (χ4v) is 3.00. The van der Waals surface area contributed by atoms with Gasteiger partial charge in [-0.05, 0) is 22.9 Å². The van der Waals surface area contributed by atoms with Crippen LogP contribution in [0.5, 0.6) is 11.5 Å². The molecule has 1 atom stereocenters. The maximum atomic E-state index is 5.59. The Morgan fingerprint density at radius 3 is 2.74 bits per heavy atom. The van der Waals surface area contributed by atoms with Crippen molar-refractivity contribution in [3.05, 3.63) is 33.2 Å². The standard InChI is InChI=1S/C13H13BrN2O2S/c1-8(13-15-2-5-19-13)16-10-7-12-11(6-9(10)14)17-3-4-18-12/h2,5-8,16H,3-4H2,1H3. The minimum Gasteiger partial charge on any atom is -0.486 e. The molecule has 1 unspecified atom stereocenters. The molecule has 2 aromatic rings. The highest BCUT2D eigenvalue weighted by Crippen LogP contribution is 2.39. The van der Waals surface area contributed by atoms with Crippen LogP contribution in [0.2, 0.25) is 0 Å². The molecule has 1 aromatic heterocycles. The number of nitrogens with one attached hydrogen (secondary N) is 1. The molecule has 2 heterocycles. The number of fused-ring (bicyclic) bond motifs is 1. The van der Waals surface area contributed by atoms with E-state index >= 15 is 0 Å². The summed E-state index contributed by atoms with van der Waals surface area (Å²) in [6, 6.07) is 4.05. The average Bonchev–Trinajstić information content (AvgIpc) is 2.93. The lowest BCUT2D eigenvalue weighted by atomic mass is 10.2. The minimum atomic E-state index is 0.152. The van der Waals surface area contributed by atoms with Gasteiger partial charge in [0.2, 0.25) is 0 Å². The molecule has 0 bridgehead atoms. The monoisotopic (exact) mass is 340 g/mol.